The third-order valence-corrected chi connectivity index (χ3v) is 6.18. The average Bonchev–Trinajstić information content (AvgIpc) is 3.06. The Morgan fingerprint density at radius 2 is 1.26 bits per heavy atom. The molecule has 10 heteroatoms. The average molecular weight is 426 g/mol. The van der Waals surface area contributed by atoms with Crippen LogP contribution in [0.4, 0.5) is 22.0 Å². The predicted octanol–water partition coefficient (Wildman–Crippen LogP) is 5.13. The van der Waals surface area contributed by atoms with Gasteiger partial charge in [0.15, 0.2) is 0 Å². The number of rotatable bonds is 2. The van der Waals surface area contributed by atoms with Gasteiger partial charge in [-0.05, 0) is 54.0 Å². The van der Waals surface area contributed by atoms with Crippen molar-refractivity contribution in [3.8, 4) is 0 Å². The van der Waals surface area contributed by atoms with E-state index in [0.29, 0.717) is 0 Å². The molecule has 148 valence electrons. The largest absolute Gasteiger partial charge is 0.522 e. The lowest BCUT2D eigenvalue weighted by atomic mass is 9.87. The van der Waals surface area contributed by atoms with Crippen LogP contribution in [0.15, 0.2) is 48.5 Å². The van der Waals surface area contributed by atoms with Gasteiger partial charge >= 0.3 is 15.6 Å². The summed E-state index contributed by atoms with van der Waals surface area (Å²) in [4.78, 5) is 0. The highest BCUT2D eigenvalue weighted by molar-refractivity contribution is 8.00. The molecule has 0 radical (unpaired) electrons. The summed E-state index contributed by atoms with van der Waals surface area (Å²) in [5.74, 6) is 0.636. The molecule has 1 aliphatic rings. The Bertz CT molecular complexity index is 809. The highest BCUT2D eigenvalue weighted by Crippen LogP contribution is 2.51. The van der Waals surface area contributed by atoms with Crippen LogP contribution >= 0.6 is 11.8 Å². The van der Waals surface area contributed by atoms with E-state index in [9.17, 15) is 22.0 Å². The van der Waals surface area contributed by atoms with E-state index < -0.39 is 15.6 Å². The van der Waals surface area contributed by atoms with Gasteiger partial charge in [-0.1, -0.05) is 24.3 Å². The fourth-order valence-corrected chi connectivity index (χ4v) is 4.23. The van der Waals surface area contributed by atoms with Crippen LogP contribution in [0, 0.1) is 11.6 Å². The zero-order valence-corrected chi connectivity index (χ0v) is 15.3. The molecule has 27 heavy (non-hydrogen) atoms. The third-order valence-electron chi connectivity index (χ3n) is 3.94. The summed E-state index contributed by atoms with van der Waals surface area (Å²) in [6, 6.07) is 13.4. The number of halogens is 5. The van der Waals surface area contributed by atoms with Gasteiger partial charge in [-0.2, -0.15) is 21.6 Å². The Balaban J connectivity index is 0.000000279. The van der Waals surface area contributed by atoms with E-state index >= 15 is 0 Å². The molecule has 0 bridgehead atoms. The van der Waals surface area contributed by atoms with E-state index in [4.69, 9.17) is 13.0 Å². The second kappa shape index (κ2) is 8.15. The van der Waals surface area contributed by atoms with E-state index in [1.54, 1.807) is 0 Å². The van der Waals surface area contributed by atoms with Crippen LogP contribution in [0.25, 0.3) is 0 Å². The van der Waals surface area contributed by atoms with Crippen molar-refractivity contribution in [1.29, 1.82) is 0 Å². The Labute approximate surface area is 157 Å². The summed E-state index contributed by atoms with van der Waals surface area (Å²) >= 11 is 1.86. The van der Waals surface area contributed by atoms with E-state index in [0.717, 1.165) is 29.7 Å². The zero-order chi connectivity index (χ0) is 20.3. The van der Waals surface area contributed by atoms with Crippen LogP contribution in [0.1, 0.15) is 24.0 Å². The molecule has 2 aromatic carbocycles. The molecule has 1 N–H and O–H groups in total. The SMILES string of the molecule is Fc1ccc(C2(c3ccc(F)cc3)CCCS2)cc1.O=S(=O)(O)C(F)(F)F. The fourth-order valence-electron chi connectivity index (χ4n) is 2.70. The molecule has 1 aliphatic heterocycles. The maximum atomic E-state index is 13.1. The summed E-state index contributed by atoms with van der Waals surface area (Å²) < 4.78 is 83.6. The molecule has 0 aromatic heterocycles. The van der Waals surface area contributed by atoms with Gasteiger partial charge in [0.2, 0.25) is 0 Å². The molecule has 0 spiro atoms. The van der Waals surface area contributed by atoms with Crippen molar-refractivity contribution in [3.63, 3.8) is 0 Å². The summed E-state index contributed by atoms with van der Waals surface area (Å²) in [5.41, 5.74) is -3.33. The molecule has 3 rings (SSSR count). The minimum absolute atomic E-state index is 0.151. The first kappa shape index (κ1) is 21.6. The summed E-state index contributed by atoms with van der Waals surface area (Å²) in [6.45, 7) is 0. The predicted molar refractivity (Wildman–Crippen MR) is 92.9 cm³/mol. The molecule has 3 nitrogen and oxygen atoms in total. The number of hydrogen-bond donors (Lipinski definition) is 1. The molecule has 0 aliphatic carbocycles. The lowest BCUT2D eigenvalue weighted by molar-refractivity contribution is -0.0510. The number of alkyl halides is 3. The molecule has 2 aromatic rings. The minimum Gasteiger partial charge on any atom is -0.279 e. The normalized spacial score (nSPS) is 16.5. The van der Waals surface area contributed by atoms with Crippen molar-refractivity contribution in [2.75, 3.05) is 5.75 Å². The van der Waals surface area contributed by atoms with E-state index in [2.05, 4.69) is 0 Å². The van der Waals surface area contributed by atoms with Gasteiger partial charge in [0, 0.05) is 0 Å². The Hall–Kier alpha value is -1.65. The lowest BCUT2D eigenvalue weighted by Gasteiger charge is -2.29. The quantitative estimate of drug-likeness (QED) is 0.411. The van der Waals surface area contributed by atoms with Crippen molar-refractivity contribution < 1.29 is 34.9 Å². The maximum Gasteiger partial charge on any atom is 0.522 e. The van der Waals surface area contributed by atoms with Crippen LogP contribution < -0.4 is 0 Å². The fraction of sp³-hybridized carbons (Fsp3) is 0.294. The van der Waals surface area contributed by atoms with Gasteiger partial charge in [-0.15, -0.1) is 11.8 Å². The minimum atomic E-state index is -5.84. The van der Waals surface area contributed by atoms with Crippen molar-refractivity contribution >= 4 is 21.9 Å². The molecule has 0 atom stereocenters. The summed E-state index contributed by atoms with van der Waals surface area (Å²) in [5, 5.41) is 0. The molecular weight excluding hydrogens is 411 g/mol. The highest BCUT2D eigenvalue weighted by atomic mass is 32.2. The van der Waals surface area contributed by atoms with Crippen molar-refractivity contribution in [1.82, 2.24) is 0 Å². The van der Waals surface area contributed by atoms with Gasteiger partial charge in [0.05, 0.1) is 4.75 Å². The van der Waals surface area contributed by atoms with Crippen LogP contribution in [0.3, 0.4) is 0 Å². The molecular formula is C17H15F5O3S2. The molecule has 1 fully saturated rings. The maximum absolute atomic E-state index is 13.1. The van der Waals surface area contributed by atoms with E-state index in [-0.39, 0.29) is 16.4 Å². The van der Waals surface area contributed by atoms with Crippen molar-refractivity contribution in [2.24, 2.45) is 0 Å². The van der Waals surface area contributed by atoms with Gasteiger partial charge in [0.1, 0.15) is 11.6 Å². The lowest BCUT2D eigenvalue weighted by Crippen LogP contribution is -2.21. The smallest absolute Gasteiger partial charge is 0.279 e. The van der Waals surface area contributed by atoms with E-state index in [1.807, 2.05) is 36.0 Å². The number of hydrogen-bond acceptors (Lipinski definition) is 3. The van der Waals surface area contributed by atoms with Gasteiger partial charge in [0.25, 0.3) is 0 Å². The second-order valence-electron chi connectivity index (χ2n) is 5.71. The van der Waals surface area contributed by atoms with Crippen LogP contribution in [0.2, 0.25) is 0 Å². The Morgan fingerprint density at radius 3 is 1.52 bits per heavy atom. The molecule has 1 saturated heterocycles. The first-order chi connectivity index (χ1) is 12.5. The second-order valence-corrected chi connectivity index (χ2v) is 8.52. The first-order valence-electron chi connectivity index (χ1n) is 7.65. The standard InChI is InChI=1S/C16H14F2S.CHF3O3S/c17-14-6-2-12(3-7-14)16(10-1-11-19-16)13-4-8-15(18)9-5-13;2-1(3,4)8(5,6)7/h2-9H,1,10-11H2;(H,5,6,7). The van der Waals surface area contributed by atoms with Gasteiger partial charge in [-0.25, -0.2) is 8.78 Å². The molecule has 0 saturated carbocycles. The van der Waals surface area contributed by atoms with Gasteiger partial charge in [-0.3, -0.25) is 4.55 Å². The van der Waals surface area contributed by atoms with Crippen LogP contribution in [0.5, 0.6) is 0 Å². The number of thioether (sulfide) groups is 1. The van der Waals surface area contributed by atoms with Crippen LogP contribution in [-0.4, -0.2) is 24.2 Å². The third kappa shape index (κ3) is 5.20. The highest BCUT2D eigenvalue weighted by Gasteiger charge is 2.44. The van der Waals surface area contributed by atoms with E-state index in [1.165, 1.54) is 24.3 Å². The molecule has 1 heterocycles. The van der Waals surface area contributed by atoms with Crippen LogP contribution in [-0.2, 0) is 14.9 Å². The molecule has 0 unspecified atom stereocenters. The number of benzene rings is 2. The Morgan fingerprint density at radius 1 is 0.889 bits per heavy atom. The zero-order valence-electron chi connectivity index (χ0n) is 13.7. The monoisotopic (exact) mass is 426 g/mol. The Kier molecular flexibility index (Phi) is 6.54. The van der Waals surface area contributed by atoms with Gasteiger partial charge < -0.3 is 0 Å². The summed E-state index contributed by atoms with van der Waals surface area (Å²) in [7, 11) is -5.84. The van der Waals surface area contributed by atoms with Crippen molar-refractivity contribution in [2.45, 2.75) is 23.1 Å². The van der Waals surface area contributed by atoms with Crippen molar-refractivity contribution in [3.05, 3.63) is 71.3 Å². The first-order valence-corrected chi connectivity index (χ1v) is 10.1. The summed E-state index contributed by atoms with van der Waals surface area (Å²) in [6.07, 6.45) is 2.13. The topological polar surface area (TPSA) is 54.4 Å². The molecule has 0 amide bonds.